The fourth-order valence-electron chi connectivity index (χ4n) is 1.61. The molecule has 1 aromatic carbocycles. The molecule has 2 rings (SSSR count). The topological polar surface area (TPSA) is 53.7 Å². The molecule has 15 heavy (non-hydrogen) atoms. The van der Waals surface area contributed by atoms with Crippen molar-refractivity contribution in [3.8, 4) is 11.5 Å². The van der Waals surface area contributed by atoms with Gasteiger partial charge in [0.05, 0.1) is 6.61 Å². The van der Waals surface area contributed by atoms with Crippen LogP contribution >= 0.6 is 0 Å². The molecule has 0 fully saturated rings. The summed E-state index contributed by atoms with van der Waals surface area (Å²) < 4.78 is 10.6. The summed E-state index contributed by atoms with van der Waals surface area (Å²) in [5.74, 6) is 6.69. The normalized spacial score (nSPS) is 14.3. The van der Waals surface area contributed by atoms with Gasteiger partial charge in [-0.2, -0.15) is 0 Å². The van der Waals surface area contributed by atoms with E-state index in [0.717, 1.165) is 17.1 Å². The van der Waals surface area contributed by atoms with Crippen molar-refractivity contribution in [2.75, 3.05) is 13.4 Å². The molecule has 82 valence electrons. The van der Waals surface area contributed by atoms with Crippen molar-refractivity contribution in [1.82, 2.24) is 0 Å². The Morgan fingerprint density at radius 1 is 1.33 bits per heavy atom. The Kier molecular flexibility index (Phi) is 2.54. The van der Waals surface area contributed by atoms with Crippen LogP contribution in [0.25, 0.3) is 0 Å². The molecule has 2 N–H and O–H groups in total. The van der Waals surface area contributed by atoms with E-state index in [-0.39, 0.29) is 5.41 Å². The maximum absolute atomic E-state index is 5.32. The SMILES string of the molecule is CC(C)(CON)c1ccc2c(c1)OCO2. The maximum atomic E-state index is 5.32. The van der Waals surface area contributed by atoms with Gasteiger partial charge in [-0.15, -0.1) is 0 Å². The number of ether oxygens (including phenoxy) is 2. The molecule has 0 atom stereocenters. The molecule has 0 radical (unpaired) electrons. The predicted molar refractivity (Wildman–Crippen MR) is 55.7 cm³/mol. The summed E-state index contributed by atoms with van der Waals surface area (Å²) in [4.78, 5) is 4.71. The molecular weight excluding hydrogens is 194 g/mol. The first-order valence-corrected chi connectivity index (χ1v) is 4.85. The van der Waals surface area contributed by atoms with Crippen molar-refractivity contribution < 1.29 is 14.3 Å². The van der Waals surface area contributed by atoms with Crippen LogP contribution in [0.4, 0.5) is 0 Å². The van der Waals surface area contributed by atoms with Crippen LogP contribution in [-0.4, -0.2) is 13.4 Å². The lowest BCUT2D eigenvalue weighted by Gasteiger charge is -2.23. The van der Waals surface area contributed by atoms with Crippen LogP contribution in [0.3, 0.4) is 0 Å². The minimum Gasteiger partial charge on any atom is -0.454 e. The van der Waals surface area contributed by atoms with Crippen LogP contribution < -0.4 is 15.4 Å². The van der Waals surface area contributed by atoms with Crippen molar-refractivity contribution >= 4 is 0 Å². The molecule has 1 aliphatic heterocycles. The van der Waals surface area contributed by atoms with Crippen molar-refractivity contribution in [1.29, 1.82) is 0 Å². The number of hydrogen-bond acceptors (Lipinski definition) is 4. The van der Waals surface area contributed by atoms with E-state index in [4.69, 9.17) is 20.2 Å². The minimum atomic E-state index is -0.129. The lowest BCUT2D eigenvalue weighted by Crippen LogP contribution is -2.26. The molecule has 0 aliphatic carbocycles. The highest BCUT2D eigenvalue weighted by Gasteiger charge is 2.24. The third-order valence-corrected chi connectivity index (χ3v) is 2.60. The first-order valence-electron chi connectivity index (χ1n) is 4.85. The molecule has 4 nitrogen and oxygen atoms in total. The summed E-state index contributed by atoms with van der Waals surface area (Å²) in [7, 11) is 0. The van der Waals surface area contributed by atoms with Crippen LogP contribution in [0, 0.1) is 0 Å². The molecule has 0 amide bonds. The molecule has 0 saturated heterocycles. The van der Waals surface area contributed by atoms with E-state index < -0.39 is 0 Å². The molecule has 0 unspecified atom stereocenters. The highest BCUT2D eigenvalue weighted by molar-refractivity contribution is 5.46. The first kappa shape index (κ1) is 10.3. The highest BCUT2D eigenvalue weighted by Crippen LogP contribution is 2.36. The largest absolute Gasteiger partial charge is 0.454 e. The van der Waals surface area contributed by atoms with Gasteiger partial charge in [-0.1, -0.05) is 19.9 Å². The van der Waals surface area contributed by atoms with Gasteiger partial charge in [0.15, 0.2) is 11.5 Å². The molecule has 1 heterocycles. The second kappa shape index (κ2) is 3.72. The summed E-state index contributed by atoms with van der Waals surface area (Å²) in [6.45, 7) is 4.90. The summed E-state index contributed by atoms with van der Waals surface area (Å²) >= 11 is 0. The Labute approximate surface area is 88.9 Å². The summed E-state index contributed by atoms with van der Waals surface area (Å²) in [5, 5.41) is 0. The van der Waals surface area contributed by atoms with Crippen LogP contribution in [0.5, 0.6) is 11.5 Å². The second-order valence-electron chi connectivity index (χ2n) is 4.26. The van der Waals surface area contributed by atoms with Crippen LogP contribution in [0.2, 0.25) is 0 Å². The standard InChI is InChI=1S/C11H15NO3/c1-11(2,6-15-12)8-3-4-9-10(5-8)14-7-13-9/h3-5H,6-7,12H2,1-2H3. The van der Waals surface area contributed by atoms with Crippen molar-refractivity contribution in [2.45, 2.75) is 19.3 Å². The summed E-state index contributed by atoms with van der Waals surface area (Å²) in [6, 6.07) is 5.89. The van der Waals surface area contributed by atoms with Crippen LogP contribution in [0.1, 0.15) is 19.4 Å². The summed E-state index contributed by atoms with van der Waals surface area (Å²) in [5.41, 5.74) is 0.993. The number of fused-ring (bicyclic) bond motifs is 1. The molecule has 1 aliphatic rings. The van der Waals surface area contributed by atoms with E-state index >= 15 is 0 Å². The Morgan fingerprint density at radius 2 is 2.07 bits per heavy atom. The Morgan fingerprint density at radius 3 is 2.80 bits per heavy atom. The van der Waals surface area contributed by atoms with Gasteiger partial charge < -0.3 is 14.3 Å². The maximum Gasteiger partial charge on any atom is 0.231 e. The van der Waals surface area contributed by atoms with E-state index in [2.05, 4.69) is 13.8 Å². The van der Waals surface area contributed by atoms with Gasteiger partial charge in [-0.25, -0.2) is 5.90 Å². The quantitative estimate of drug-likeness (QED) is 0.768. The van der Waals surface area contributed by atoms with E-state index in [9.17, 15) is 0 Å². The lowest BCUT2D eigenvalue weighted by molar-refractivity contribution is 0.0963. The summed E-state index contributed by atoms with van der Waals surface area (Å²) in [6.07, 6.45) is 0. The molecule has 0 aromatic heterocycles. The lowest BCUT2D eigenvalue weighted by atomic mass is 9.85. The van der Waals surface area contributed by atoms with Gasteiger partial charge in [-0.05, 0) is 17.7 Å². The molecule has 4 heteroatoms. The number of nitrogens with two attached hydrogens (primary N) is 1. The van der Waals surface area contributed by atoms with Gasteiger partial charge >= 0.3 is 0 Å². The van der Waals surface area contributed by atoms with Gasteiger partial charge in [0.1, 0.15) is 0 Å². The van der Waals surface area contributed by atoms with Crippen molar-refractivity contribution in [2.24, 2.45) is 5.90 Å². The molecular formula is C11H15NO3. The number of rotatable bonds is 3. The van der Waals surface area contributed by atoms with Crippen LogP contribution in [0.15, 0.2) is 18.2 Å². The van der Waals surface area contributed by atoms with Gasteiger partial charge in [0.2, 0.25) is 6.79 Å². The molecule has 0 spiro atoms. The van der Waals surface area contributed by atoms with Gasteiger partial charge in [0.25, 0.3) is 0 Å². The fourth-order valence-corrected chi connectivity index (χ4v) is 1.61. The van der Waals surface area contributed by atoms with Crippen molar-refractivity contribution in [3.05, 3.63) is 23.8 Å². The third-order valence-electron chi connectivity index (χ3n) is 2.60. The average molecular weight is 209 g/mol. The number of benzene rings is 1. The monoisotopic (exact) mass is 209 g/mol. The average Bonchev–Trinajstić information content (AvgIpc) is 2.63. The molecule has 0 saturated carbocycles. The van der Waals surface area contributed by atoms with E-state index in [1.54, 1.807) is 0 Å². The smallest absolute Gasteiger partial charge is 0.231 e. The van der Waals surface area contributed by atoms with E-state index in [0.29, 0.717) is 13.4 Å². The first-order chi connectivity index (χ1) is 7.13. The van der Waals surface area contributed by atoms with E-state index in [1.165, 1.54) is 0 Å². The minimum absolute atomic E-state index is 0.129. The van der Waals surface area contributed by atoms with Crippen LogP contribution in [-0.2, 0) is 10.3 Å². The zero-order valence-corrected chi connectivity index (χ0v) is 8.95. The van der Waals surface area contributed by atoms with E-state index in [1.807, 2.05) is 18.2 Å². The molecule has 0 bridgehead atoms. The van der Waals surface area contributed by atoms with Crippen molar-refractivity contribution in [3.63, 3.8) is 0 Å². The van der Waals surface area contributed by atoms with Gasteiger partial charge in [-0.3, -0.25) is 0 Å². The zero-order valence-electron chi connectivity index (χ0n) is 8.95. The third kappa shape index (κ3) is 1.91. The zero-order chi connectivity index (χ0) is 10.9. The Balaban J connectivity index is 2.29. The highest BCUT2D eigenvalue weighted by atomic mass is 16.7. The Bertz CT molecular complexity index is 363. The Hall–Kier alpha value is -1.26. The second-order valence-corrected chi connectivity index (χ2v) is 4.26. The fraction of sp³-hybridized carbons (Fsp3) is 0.455. The van der Waals surface area contributed by atoms with Gasteiger partial charge in [0, 0.05) is 5.41 Å². The molecule has 1 aromatic rings. The predicted octanol–water partition coefficient (Wildman–Crippen LogP) is 1.58. The number of hydrogen-bond donors (Lipinski definition) is 1.